The van der Waals surface area contributed by atoms with E-state index in [4.69, 9.17) is 22.1 Å². The Hall–Kier alpha value is -1.35. The van der Waals surface area contributed by atoms with Crippen LogP contribution in [-0.4, -0.2) is 6.61 Å². The molecule has 0 aliphatic rings. The first-order chi connectivity index (χ1) is 9.22. The number of nitrogens with two attached hydrogens (primary N) is 1. The van der Waals surface area contributed by atoms with E-state index in [9.17, 15) is 0 Å². The molecule has 19 heavy (non-hydrogen) atoms. The Bertz CT molecular complexity index is 498. The van der Waals surface area contributed by atoms with Gasteiger partial charge in [0.2, 0.25) is 0 Å². The molecule has 0 spiro atoms. The molecule has 100 valence electrons. The van der Waals surface area contributed by atoms with Crippen LogP contribution in [0.2, 0.25) is 5.02 Å². The summed E-state index contributed by atoms with van der Waals surface area (Å²) in [5.41, 5.74) is 8.45. The molecule has 0 aliphatic heterocycles. The summed E-state index contributed by atoms with van der Waals surface area (Å²) >= 11 is 5.90. The lowest BCUT2D eigenvalue weighted by Crippen LogP contribution is -2.22. The predicted octanol–water partition coefficient (Wildman–Crippen LogP) is 4.12. The fourth-order valence-electron chi connectivity index (χ4n) is 2.09. The quantitative estimate of drug-likeness (QED) is 0.891. The fourth-order valence-corrected chi connectivity index (χ4v) is 2.22. The van der Waals surface area contributed by atoms with Crippen LogP contribution in [0.4, 0.5) is 0 Å². The van der Waals surface area contributed by atoms with Gasteiger partial charge in [-0.05, 0) is 30.2 Å². The molecule has 2 atom stereocenters. The molecular formula is C16H18ClNO. The van der Waals surface area contributed by atoms with Gasteiger partial charge in [-0.25, -0.2) is 0 Å². The Labute approximate surface area is 119 Å². The molecule has 2 N–H and O–H groups in total. The zero-order chi connectivity index (χ0) is 13.7. The minimum atomic E-state index is -0.209. The van der Waals surface area contributed by atoms with Gasteiger partial charge < -0.3 is 10.5 Å². The van der Waals surface area contributed by atoms with Crippen molar-refractivity contribution >= 4 is 11.6 Å². The molecule has 0 amide bonds. The summed E-state index contributed by atoms with van der Waals surface area (Å²) in [5, 5.41) is 0.712. The lowest BCUT2D eigenvalue weighted by Gasteiger charge is -2.24. The molecule has 0 fully saturated rings. The van der Waals surface area contributed by atoms with Crippen molar-refractivity contribution in [3.8, 4) is 0 Å². The Balaban J connectivity index is 2.26. The molecule has 0 saturated heterocycles. The highest BCUT2D eigenvalue weighted by Gasteiger charge is 2.21. The van der Waals surface area contributed by atoms with Gasteiger partial charge in [0.15, 0.2) is 0 Å². The van der Waals surface area contributed by atoms with Crippen molar-refractivity contribution in [1.29, 1.82) is 0 Å². The normalized spacial score (nSPS) is 14.1. The molecule has 2 unspecified atom stereocenters. The van der Waals surface area contributed by atoms with Crippen LogP contribution in [0.3, 0.4) is 0 Å². The van der Waals surface area contributed by atoms with Crippen LogP contribution in [0.1, 0.15) is 30.2 Å². The van der Waals surface area contributed by atoms with Crippen LogP contribution < -0.4 is 5.73 Å². The van der Waals surface area contributed by atoms with Crippen LogP contribution in [0, 0.1) is 0 Å². The highest BCUT2D eigenvalue weighted by molar-refractivity contribution is 6.30. The molecule has 0 saturated carbocycles. The fraction of sp³-hybridized carbons (Fsp3) is 0.250. The molecule has 2 aromatic rings. The summed E-state index contributed by atoms with van der Waals surface area (Å²) in [6.45, 7) is 2.60. The summed E-state index contributed by atoms with van der Waals surface area (Å²) in [5.74, 6) is 0. The lowest BCUT2D eigenvalue weighted by molar-refractivity contribution is 0.0429. The first kappa shape index (κ1) is 14.1. The van der Waals surface area contributed by atoms with Crippen molar-refractivity contribution < 1.29 is 4.74 Å². The molecule has 0 aromatic heterocycles. The van der Waals surface area contributed by atoms with Crippen LogP contribution in [0.15, 0.2) is 54.6 Å². The Morgan fingerprint density at radius 2 is 1.63 bits per heavy atom. The Kier molecular flexibility index (Phi) is 4.97. The van der Waals surface area contributed by atoms with Crippen molar-refractivity contribution in [2.24, 2.45) is 5.73 Å². The van der Waals surface area contributed by atoms with E-state index >= 15 is 0 Å². The summed E-state index contributed by atoms with van der Waals surface area (Å²) in [6, 6.07) is 17.4. The summed E-state index contributed by atoms with van der Waals surface area (Å²) < 4.78 is 5.82. The van der Waals surface area contributed by atoms with Crippen LogP contribution in [0.25, 0.3) is 0 Å². The molecule has 3 heteroatoms. The third-order valence-electron chi connectivity index (χ3n) is 3.06. The zero-order valence-corrected chi connectivity index (χ0v) is 11.7. The van der Waals surface area contributed by atoms with Gasteiger partial charge in [0.25, 0.3) is 0 Å². The first-order valence-electron chi connectivity index (χ1n) is 6.40. The van der Waals surface area contributed by atoms with E-state index < -0.39 is 0 Å². The van der Waals surface area contributed by atoms with E-state index in [1.807, 2.05) is 61.5 Å². The maximum absolute atomic E-state index is 6.34. The largest absolute Gasteiger partial charge is 0.372 e. The van der Waals surface area contributed by atoms with Crippen molar-refractivity contribution in [3.05, 3.63) is 70.7 Å². The molecule has 0 aliphatic carbocycles. The molecule has 2 rings (SSSR count). The highest BCUT2D eigenvalue weighted by Crippen LogP contribution is 2.30. The van der Waals surface area contributed by atoms with E-state index in [0.29, 0.717) is 11.6 Å². The standard InChI is InChI=1S/C16H18ClNO/c1-2-19-16(13-6-4-3-5-7-13)15(18)12-8-10-14(17)11-9-12/h3-11,15-16H,2,18H2,1H3. The van der Waals surface area contributed by atoms with Crippen molar-refractivity contribution in [3.63, 3.8) is 0 Å². The third-order valence-corrected chi connectivity index (χ3v) is 3.31. The van der Waals surface area contributed by atoms with Gasteiger partial charge in [-0.3, -0.25) is 0 Å². The van der Waals surface area contributed by atoms with Crippen molar-refractivity contribution in [1.82, 2.24) is 0 Å². The average Bonchev–Trinajstić information content (AvgIpc) is 2.46. The van der Waals surface area contributed by atoms with Gasteiger partial charge in [0.05, 0.1) is 6.04 Å². The van der Waals surface area contributed by atoms with E-state index in [1.165, 1.54) is 0 Å². The van der Waals surface area contributed by atoms with Gasteiger partial charge in [-0.1, -0.05) is 54.1 Å². The van der Waals surface area contributed by atoms with E-state index in [1.54, 1.807) is 0 Å². The minimum absolute atomic E-state index is 0.146. The molecule has 0 radical (unpaired) electrons. The number of rotatable bonds is 5. The number of hydrogen-bond acceptors (Lipinski definition) is 2. The van der Waals surface area contributed by atoms with Gasteiger partial charge in [0, 0.05) is 11.6 Å². The van der Waals surface area contributed by atoms with Gasteiger partial charge in [0.1, 0.15) is 6.10 Å². The summed E-state index contributed by atoms with van der Waals surface area (Å²) in [7, 11) is 0. The second kappa shape index (κ2) is 6.71. The third kappa shape index (κ3) is 3.57. The Morgan fingerprint density at radius 3 is 2.21 bits per heavy atom. The van der Waals surface area contributed by atoms with Crippen LogP contribution >= 0.6 is 11.6 Å². The van der Waals surface area contributed by atoms with Crippen LogP contribution in [-0.2, 0) is 4.74 Å². The SMILES string of the molecule is CCOC(c1ccccc1)C(N)c1ccc(Cl)cc1. The molecule has 0 heterocycles. The van der Waals surface area contributed by atoms with Gasteiger partial charge >= 0.3 is 0 Å². The molecule has 2 nitrogen and oxygen atoms in total. The average molecular weight is 276 g/mol. The minimum Gasteiger partial charge on any atom is -0.372 e. The smallest absolute Gasteiger partial charge is 0.102 e. The monoisotopic (exact) mass is 275 g/mol. The van der Waals surface area contributed by atoms with E-state index in [-0.39, 0.29) is 12.1 Å². The number of halogens is 1. The Morgan fingerprint density at radius 1 is 1.00 bits per heavy atom. The van der Waals surface area contributed by atoms with Gasteiger partial charge in [-0.15, -0.1) is 0 Å². The zero-order valence-electron chi connectivity index (χ0n) is 10.9. The molecule has 2 aromatic carbocycles. The van der Waals surface area contributed by atoms with Crippen molar-refractivity contribution in [2.75, 3.05) is 6.61 Å². The summed E-state index contributed by atoms with van der Waals surface area (Å²) in [6.07, 6.45) is -0.146. The first-order valence-corrected chi connectivity index (χ1v) is 6.77. The second-order valence-corrected chi connectivity index (χ2v) is 4.80. The summed E-state index contributed by atoms with van der Waals surface area (Å²) in [4.78, 5) is 0. The molecule has 0 bridgehead atoms. The predicted molar refractivity (Wildman–Crippen MR) is 79.2 cm³/mol. The van der Waals surface area contributed by atoms with E-state index in [2.05, 4.69) is 0 Å². The molecular weight excluding hydrogens is 258 g/mol. The topological polar surface area (TPSA) is 35.2 Å². The van der Waals surface area contributed by atoms with Crippen molar-refractivity contribution in [2.45, 2.75) is 19.1 Å². The highest BCUT2D eigenvalue weighted by atomic mass is 35.5. The number of ether oxygens (including phenoxy) is 1. The second-order valence-electron chi connectivity index (χ2n) is 4.36. The number of hydrogen-bond donors (Lipinski definition) is 1. The number of benzene rings is 2. The van der Waals surface area contributed by atoms with E-state index in [0.717, 1.165) is 11.1 Å². The maximum Gasteiger partial charge on any atom is 0.102 e. The van der Waals surface area contributed by atoms with Crippen LogP contribution in [0.5, 0.6) is 0 Å². The maximum atomic E-state index is 6.34. The lowest BCUT2D eigenvalue weighted by atomic mass is 9.96. The van der Waals surface area contributed by atoms with Gasteiger partial charge in [-0.2, -0.15) is 0 Å².